The van der Waals surface area contributed by atoms with Crippen molar-refractivity contribution >= 4 is 115 Å². The number of benzene rings is 9. The number of carboxylic acids is 1. The number of amides is 3. The molecule has 1 aromatic heterocycles. The first-order valence-corrected chi connectivity index (χ1v) is 40.7. The molecule has 0 spiro atoms. The van der Waals surface area contributed by atoms with Crippen molar-refractivity contribution in [2.75, 3.05) is 107 Å². The predicted molar refractivity (Wildman–Crippen MR) is 485 cm³/mol. The highest BCUT2D eigenvalue weighted by atomic mass is 79.9. The van der Waals surface area contributed by atoms with Gasteiger partial charge in [0.2, 0.25) is 0 Å². The van der Waals surface area contributed by atoms with E-state index in [9.17, 15) is 28.8 Å². The Morgan fingerprint density at radius 3 is 1.23 bits per heavy atom. The number of fused-ring (bicyclic) bond motifs is 3. The van der Waals surface area contributed by atoms with Gasteiger partial charge in [-0.15, -0.1) is 17.0 Å². The second kappa shape index (κ2) is 42.4. The van der Waals surface area contributed by atoms with Crippen LogP contribution in [0.15, 0.2) is 225 Å². The van der Waals surface area contributed by atoms with Gasteiger partial charge in [0.15, 0.2) is 11.6 Å². The van der Waals surface area contributed by atoms with Crippen LogP contribution in [-0.4, -0.2) is 167 Å². The van der Waals surface area contributed by atoms with Crippen molar-refractivity contribution in [2.45, 2.75) is 111 Å². The third-order valence-corrected chi connectivity index (χ3v) is 20.0. The molecule has 0 unspecified atom stereocenters. The number of carbonyl (C=O) groups is 6. The molecule has 0 atom stereocenters. The van der Waals surface area contributed by atoms with Gasteiger partial charge in [-0.2, -0.15) is 0 Å². The van der Waals surface area contributed by atoms with E-state index < -0.39 is 41.1 Å². The van der Waals surface area contributed by atoms with Gasteiger partial charge in [-0.25, -0.2) is 19.2 Å². The summed E-state index contributed by atoms with van der Waals surface area (Å²) < 4.78 is 18.4. The highest BCUT2D eigenvalue weighted by Gasteiger charge is 2.24. The van der Waals surface area contributed by atoms with E-state index in [1.54, 1.807) is 18.2 Å². The minimum Gasteiger partial charge on any atom is -0.478 e. The van der Waals surface area contributed by atoms with Gasteiger partial charge < -0.3 is 39.4 Å². The summed E-state index contributed by atoms with van der Waals surface area (Å²) in [6.07, 6.45) is 10.8. The van der Waals surface area contributed by atoms with Crippen LogP contribution in [0.2, 0.25) is 0 Å². The van der Waals surface area contributed by atoms with Crippen LogP contribution in [0.1, 0.15) is 127 Å². The Bertz CT molecular complexity index is 5090. The number of halogens is 2. The number of aromatic carboxylic acids is 1. The Balaban J connectivity index is 0.000000181. The molecule has 0 saturated carbocycles. The van der Waals surface area contributed by atoms with E-state index >= 15 is 0 Å². The van der Waals surface area contributed by atoms with Crippen molar-refractivity contribution < 1.29 is 48.1 Å². The number of hydrogen-bond donors (Lipinski definition) is 5. The van der Waals surface area contributed by atoms with E-state index in [1.165, 1.54) is 43.9 Å². The van der Waals surface area contributed by atoms with Crippen molar-refractivity contribution in [3.63, 3.8) is 0 Å². The molecule has 3 amide bonds. The van der Waals surface area contributed by atoms with Crippen LogP contribution in [0.5, 0.6) is 0 Å². The maximum atomic E-state index is 13.6. The van der Waals surface area contributed by atoms with Crippen LogP contribution in [0, 0.1) is 0 Å². The normalized spacial score (nSPS) is 13.8. The van der Waals surface area contributed by atoms with E-state index in [-0.39, 0.29) is 41.4 Å². The van der Waals surface area contributed by atoms with Gasteiger partial charge in [0.05, 0.1) is 16.9 Å². The summed E-state index contributed by atoms with van der Waals surface area (Å²) in [6.45, 7) is 28.9. The average molecular weight is 1710 g/mol. The van der Waals surface area contributed by atoms with Gasteiger partial charge in [0, 0.05) is 130 Å². The standard InChI is InChI=1S/C34H40N4O3.C28H27NO3.C17H20N2O2.C10H8O2.C7H15BrN2.BrH/c1-34(2,3)41-33(40)35-30-12-10-26(25-8-6-5-7-9-25)22-29(30)24-32(39)28-11-13-31-27(23-28)14-15-38(31)21-20-37-18-16-36(4)17-19-37;1-28(2,3)32-27(31)29-25-15-14-22(19-8-5-4-6-9-19)17-24(25)18-26(30)23-13-12-20-10-7-11-21(20)16-23;1-17(2,3)21-16(20)19-15-10-9-13(11-14(15)18)12-7-5-4-6-8-12;11-10(12)9-5-4-7-2-1-3-8(7)6-9;1-9-4-6-10(3-2-8)7-5-9;/h5-15,22-23H,16-21,24H2,1-4H3,(H,35,40);4-9,11-17H,10,18H2,1-3H3,(H,29,31);4-11H,18H2,1-3H3,(H,19,20);1,3-6H,2H2,(H,11,12);2-7H2,1H3;1H. The maximum Gasteiger partial charge on any atom is 0.412 e. The van der Waals surface area contributed by atoms with Gasteiger partial charge in [-0.1, -0.05) is 168 Å². The third kappa shape index (κ3) is 28.2. The molecule has 0 radical (unpaired) electrons. The first kappa shape index (κ1) is 90.1. The zero-order chi connectivity index (χ0) is 83.1. The Kier molecular flexibility index (Phi) is 32.6. The Morgan fingerprint density at radius 1 is 0.427 bits per heavy atom. The van der Waals surface area contributed by atoms with Gasteiger partial charge >= 0.3 is 24.2 Å². The van der Waals surface area contributed by atoms with Crippen LogP contribution >= 0.6 is 32.9 Å². The van der Waals surface area contributed by atoms with E-state index in [2.05, 4.69) is 94.6 Å². The number of nitrogen functional groups attached to an aromatic ring is 1. The second-order valence-electron chi connectivity index (χ2n) is 32.3. The molecule has 10 aromatic rings. The summed E-state index contributed by atoms with van der Waals surface area (Å²) in [4.78, 5) is 83.8. The first-order chi connectivity index (χ1) is 55.4. The summed E-state index contributed by atoms with van der Waals surface area (Å²) in [7, 11) is 4.36. The number of anilines is 4. The first-order valence-electron chi connectivity index (χ1n) is 39.5. The lowest BCUT2D eigenvalue weighted by atomic mass is 9.95. The molecule has 3 heterocycles. The number of carbonyl (C=O) groups excluding carboxylic acids is 5. The zero-order valence-corrected chi connectivity index (χ0v) is 72.4. The summed E-state index contributed by atoms with van der Waals surface area (Å²) >= 11 is 3.44. The number of hydrogen-bond acceptors (Lipinski definition) is 14. The van der Waals surface area contributed by atoms with Gasteiger partial charge in [0.1, 0.15) is 16.8 Å². The fourth-order valence-corrected chi connectivity index (χ4v) is 14.0. The second-order valence-corrected chi connectivity index (χ2v) is 33.1. The molecule has 19 nitrogen and oxygen atoms in total. The fraction of sp³-hybridized carbons (Fsp3) is 0.312. The number of likely N-dealkylation sites (N-methyl/N-ethyl adjacent to an activating group) is 2. The molecule has 6 N–H and O–H groups in total. The number of alkyl halides is 1. The summed E-state index contributed by atoms with van der Waals surface area (Å²) in [5.41, 5.74) is 21.5. The monoisotopic (exact) mass is 1710 g/mol. The van der Waals surface area contributed by atoms with Crippen LogP contribution in [0.4, 0.5) is 37.1 Å². The number of nitrogens with two attached hydrogens (primary N) is 1. The van der Waals surface area contributed by atoms with Crippen LogP contribution < -0.4 is 21.7 Å². The van der Waals surface area contributed by atoms with Crippen LogP contribution in [-0.2, 0) is 46.4 Å². The van der Waals surface area contributed by atoms with Gasteiger partial charge in [0.25, 0.3) is 0 Å². The van der Waals surface area contributed by atoms with Gasteiger partial charge in [-0.05, 0) is 235 Å². The largest absolute Gasteiger partial charge is 0.478 e. The Hall–Kier alpha value is -10.8. The average Bonchev–Trinajstić information content (AvgIpc) is 1.74. The highest BCUT2D eigenvalue weighted by molar-refractivity contribution is 9.09. The number of ketones is 2. The molecule has 614 valence electrons. The van der Waals surface area contributed by atoms with Crippen molar-refractivity contribution in [2.24, 2.45) is 0 Å². The molecule has 2 saturated heterocycles. The third-order valence-electron chi connectivity index (χ3n) is 19.7. The number of rotatable bonds is 18. The Morgan fingerprint density at radius 2 is 0.812 bits per heavy atom. The molecular weight excluding hydrogens is 1600 g/mol. The van der Waals surface area contributed by atoms with Gasteiger partial charge in [-0.3, -0.25) is 35.3 Å². The van der Waals surface area contributed by atoms with Crippen LogP contribution in [0.25, 0.3) is 56.4 Å². The van der Waals surface area contributed by atoms with Crippen LogP contribution in [0.3, 0.4) is 0 Å². The highest BCUT2D eigenvalue weighted by Crippen LogP contribution is 2.33. The number of allylic oxidation sites excluding steroid dienone is 2. The summed E-state index contributed by atoms with van der Waals surface area (Å²) in [5.74, 6) is -0.863. The molecule has 2 aliphatic carbocycles. The smallest absolute Gasteiger partial charge is 0.412 e. The summed E-state index contributed by atoms with van der Waals surface area (Å²) in [6, 6.07) is 66.1. The Labute approximate surface area is 708 Å². The topological polar surface area (TPSA) is 230 Å². The lowest BCUT2D eigenvalue weighted by Crippen LogP contribution is -2.45. The SMILES string of the molecule is Br.CC(C)(C)OC(=O)Nc1ccc(-c2ccccc2)cc1CC(=O)c1ccc2c(c1)C=CC2.CC(C)(C)OC(=O)Nc1ccc(-c2ccccc2)cc1N.CN1CCN(CCBr)CC1.CN1CCN(CCn2ccc3cc(C(=O)Cc4cc(-c5ccccc5)ccc4NC(=O)OC(C)(C)C)ccc32)CC1.O=C(O)c1ccc2c(c1)C=CC2. The maximum absolute atomic E-state index is 13.6. The number of nitrogens with one attached hydrogen (secondary N) is 3. The van der Waals surface area contributed by atoms with Crippen molar-refractivity contribution in [3.05, 3.63) is 275 Å². The summed E-state index contributed by atoms with van der Waals surface area (Å²) in [5, 5.41) is 19.2. The number of Topliss-reactive ketones (excluding diaryl/α,β-unsaturated/α-hetero) is 2. The number of carboxylic acid groups (broad SMARTS) is 1. The fourth-order valence-electron chi connectivity index (χ4n) is 13.5. The lowest BCUT2D eigenvalue weighted by Gasteiger charge is -2.32. The van der Waals surface area contributed by atoms with Crippen molar-refractivity contribution in [3.8, 4) is 33.4 Å². The van der Waals surface area contributed by atoms with Crippen molar-refractivity contribution in [1.29, 1.82) is 0 Å². The molecule has 2 fully saturated rings. The van der Waals surface area contributed by atoms with E-state index in [4.69, 9.17) is 25.1 Å². The zero-order valence-electron chi connectivity index (χ0n) is 69.1. The molecular formula is C96H111Br2N9O10. The molecule has 14 rings (SSSR count). The minimum absolute atomic E-state index is 0. The van der Waals surface area contributed by atoms with E-state index in [0.29, 0.717) is 39.4 Å². The van der Waals surface area contributed by atoms with Crippen molar-refractivity contribution in [1.82, 2.24) is 24.2 Å². The molecule has 21 heteroatoms. The molecule has 117 heavy (non-hydrogen) atoms. The molecule has 0 bridgehead atoms. The molecule has 9 aromatic carbocycles. The number of ether oxygens (including phenoxy) is 3. The van der Waals surface area contributed by atoms with E-state index in [1.807, 2.05) is 256 Å². The minimum atomic E-state index is -0.863. The molecule has 2 aliphatic heterocycles. The predicted octanol–water partition coefficient (Wildman–Crippen LogP) is 20.5. The number of piperazine rings is 2. The molecule has 4 aliphatic rings. The quantitative estimate of drug-likeness (QED) is 0.0233. The lowest BCUT2D eigenvalue weighted by molar-refractivity contribution is 0.0624. The number of nitrogens with zero attached hydrogens (tertiary/aromatic N) is 5. The van der Waals surface area contributed by atoms with E-state index in [0.717, 1.165) is 124 Å². The number of aromatic nitrogens is 1.